The Bertz CT molecular complexity index is 230. The molecule has 1 heterocycles. The zero-order valence-electron chi connectivity index (χ0n) is 6.25. The van der Waals surface area contributed by atoms with Crippen molar-refractivity contribution in [3.05, 3.63) is 30.1 Å². The van der Waals surface area contributed by atoms with Crippen molar-refractivity contribution < 1.29 is 17.7 Å². The topological polar surface area (TPSA) is 30.0 Å². The molecule has 0 amide bonds. The van der Waals surface area contributed by atoms with Gasteiger partial charge in [-0.25, -0.2) is 0 Å². The van der Waals surface area contributed by atoms with Gasteiger partial charge in [0, 0.05) is 18.0 Å². The second-order valence-corrected chi connectivity index (χ2v) is 3.56. The Morgan fingerprint density at radius 1 is 1.42 bits per heavy atom. The Labute approximate surface area is 85.8 Å². The molecule has 1 rings (SSSR count). The van der Waals surface area contributed by atoms with Gasteiger partial charge in [-0.1, -0.05) is 0 Å². The molecule has 0 aromatic carbocycles. The van der Waals surface area contributed by atoms with Crippen LogP contribution in [-0.2, 0) is 12.9 Å². The summed E-state index contributed by atoms with van der Waals surface area (Å²) in [6, 6.07) is 3.39. The van der Waals surface area contributed by atoms with E-state index in [1.54, 1.807) is 24.5 Å². The Balaban J connectivity index is 0.000000354. The fourth-order valence-corrected chi connectivity index (χ4v) is 0.587. The third kappa shape index (κ3) is 5.54. The second-order valence-electron chi connectivity index (χ2n) is 1.84. The first kappa shape index (κ1) is 11.9. The van der Waals surface area contributed by atoms with Gasteiger partial charge >= 0.3 is 33.2 Å². The molecule has 0 radical (unpaired) electrons. The number of hydrogen-bond acceptors (Lipinski definition) is 2. The molecule has 0 aliphatic carbocycles. The van der Waals surface area contributed by atoms with Gasteiger partial charge in [-0.2, -0.15) is 0 Å². The molecule has 0 saturated carbocycles. The molecule has 0 unspecified atom stereocenters. The number of ketones is 1. The minimum atomic E-state index is 0.0809. The van der Waals surface area contributed by atoms with E-state index in [0.29, 0.717) is 18.5 Å². The van der Waals surface area contributed by atoms with E-state index >= 15 is 0 Å². The molecule has 1 aromatic heterocycles. The van der Waals surface area contributed by atoms with Crippen LogP contribution >= 0.6 is 20.3 Å². The maximum absolute atomic E-state index is 10.6. The number of pyridine rings is 1. The molecule has 0 bridgehead atoms. The number of carbonyl (C=O) groups excluding carboxylic acids is 1. The number of carbonyl (C=O) groups is 1. The standard InChI is InChI=1S/C7H7NO.2ClH.Co/c1-6(9)7-2-4-8-5-3-7;;;/h2-5H,1H3;2*1H;/q;;;+2/p-2. The summed E-state index contributed by atoms with van der Waals surface area (Å²) in [6.45, 7) is 1.54. The Morgan fingerprint density at radius 3 is 2.08 bits per heavy atom. The Hall–Kier alpha value is -0.0935. The molecule has 0 aliphatic heterocycles. The first-order valence-corrected chi connectivity index (χ1v) is 5.83. The summed E-state index contributed by atoms with van der Waals surface area (Å²) in [4.78, 5) is 14.4. The van der Waals surface area contributed by atoms with Gasteiger partial charge in [0.25, 0.3) is 0 Å². The van der Waals surface area contributed by atoms with E-state index in [2.05, 4.69) is 4.98 Å². The molecule has 0 spiro atoms. The van der Waals surface area contributed by atoms with Crippen LogP contribution in [0.25, 0.3) is 0 Å². The maximum atomic E-state index is 10.6. The zero-order valence-corrected chi connectivity index (χ0v) is 8.81. The molecule has 69 valence electrons. The molecular formula is C7H7Cl2CoNO. The molecule has 0 aliphatic rings. The molecule has 12 heavy (non-hydrogen) atoms. The number of hydrogen-bond donors (Lipinski definition) is 0. The van der Waals surface area contributed by atoms with Crippen molar-refractivity contribution in [3.8, 4) is 0 Å². The van der Waals surface area contributed by atoms with Crippen LogP contribution in [0.2, 0.25) is 0 Å². The summed E-state index contributed by atoms with van der Waals surface area (Å²) in [7, 11) is 9.47. The second kappa shape index (κ2) is 7.55. The van der Waals surface area contributed by atoms with Crippen LogP contribution in [0.15, 0.2) is 24.5 Å². The van der Waals surface area contributed by atoms with Gasteiger partial charge in [0.1, 0.15) is 0 Å². The van der Waals surface area contributed by atoms with Crippen LogP contribution in [-0.4, -0.2) is 10.8 Å². The molecule has 5 heteroatoms. The van der Waals surface area contributed by atoms with Crippen molar-refractivity contribution in [1.82, 2.24) is 4.98 Å². The van der Waals surface area contributed by atoms with Gasteiger partial charge < -0.3 is 0 Å². The average molecular weight is 251 g/mol. The summed E-state index contributed by atoms with van der Waals surface area (Å²) < 4.78 is 0. The number of halogens is 2. The number of rotatable bonds is 1. The van der Waals surface area contributed by atoms with Crippen molar-refractivity contribution >= 4 is 26.1 Å². The van der Waals surface area contributed by atoms with Crippen LogP contribution < -0.4 is 0 Å². The quantitative estimate of drug-likeness (QED) is 0.718. The number of aromatic nitrogens is 1. The van der Waals surface area contributed by atoms with E-state index in [1.165, 1.54) is 6.92 Å². The zero-order chi connectivity index (χ0) is 9.40. The molecule has 1 aromatic rings. The van der Waals surface area contributed by atoms with Gasteiger partial charge in [0.15, 0.2) is 5.78 Å². The van der Waals surface area contributed by atoms with E-state index in [9.17, 15) is 4.79 Å². The van der Waals surface area contributed by atoms with Gasteiger partial charge in [0.05, 0.1) is 0 Å². The molecule has 0 atom stereocenters. The van der Waals surface area contributed by atoms with Crippen LogP contribution in [0.5, 0.6) is 0 Å². The van der Waals surface area contributed by atoms with Crippen LogP contribution in [0.1, 0.15) is 17.3 Å². The van der Waals surface area contributed by atoms with Gasteiger partial charge in [-0.15, -0.1) is 0 Å². The fraction of sp³-hybridized carbons (Fsp3) is 0.143. The Kier molecular flexibility index (Phi) is 7.49. The van der Waals surface area contributed by atoms with E-state index in [-0.39, 0.29) is 5.78 Å². The molecular weight excluding hydrogens is 244 g/mol. The molecule has 2 nitrogen and oxygen atoms in total. The summed E-state index contributed by atoms with van der Waals surface area (Å²) in [5, 5.41) is 0. The Morgan fingerprint density at radius 2 is 1.83 bits per heavy atom. The number of nitrogens with zero attached hydrogens (tertiary/aromatic N) is 1. The molecule has 0 N–H and O–H groups in total. The fourth-order valence-electron chi connectivity index (χ4n) is 0.587. The predicted octanol–water partition coefficient (Wildman–Crippen LogP) is 2.66. The van der Waals surface area contributed by atoms with Crippen molar-refractivity contribution in [1.29, 1.82) is 0 Å². The number of Topliss-reactive ketones (excluding diaryl/α,β-unsaturated/α-hetero) is 1. The van der Waals surface area contributed by atoms with E-state index < -0.39 is 0 Å². The third-order valence-corrected chi connectivity index (χ3v) is 1.09. The van der Waals surface area contributed by atoms with Crippen LogP contribution in [0.4, 0.5) is 0 Å². The van der Waals surface area contributed by atoms with Crippen molar-refractivity contribution in [2.75, 3.05) is 0 Å². The molecule has 0 saturated heterocycles. The van der Waals surface area contributed by atoms with Crippen molar-refractivity contribution in [2.24, 2.45) is 0 Å². The predicted molar refractivity (Wildman–Crippen MR) is 45.9 cm³/mol. The van der Waals surface area contributed by atoms with E-state index in [1.807, 2.05) is 0 Å². The van der Waals surface area contributed by atoms with Crippen molar-refractivity contribution in [2.45, 2.75) is 6.92 Å². The van der Waals surface area contributed by atoms with Crippen LogP contribution in [0, 0.1) is 0 Å². The van der Waals surface area contributed by atoms with E-state index in [0.717, 1.165) is 0 Å². The normalized spacial score (nSPS) is 8.58. The third-order valence-electron chi connectivity index (χ3n) is 1.09. The van der Waals surface area contributed by atoms with E-state index in [4.69, 9.17) is 20.3 Å². The monoisotopic (exact) mass is 250 g/mol. The van der Waals surface area contributed by atoms with Gasteiger partial charge in [-0.3, -0.25) is 9.78 Å². The van der Waals surface area contributed by atoms with Crippen LogP contribution in [0.3, 0.4) is 0 Å². The van der Waals surface area contributed by atoms with Gasteiger partial charge in [-0.05, 0) is 19.1 Å². The summed E-state index contributed by atoms with van der Waals surface area (Å²) >= 11 is 0.382. The molecule has 0 fully saturated rings. The SMILES string of the molecule is CC(=O)c1ccncc1.[Cl][Co][Cl]. The summed E-state index contributed by atoms with van der Waals surface area (Å²) in [6.07, 6.45) is 3.22. The summed E-state index contributed by atoms with van der Waals surface area (Å²) in [5.41, 5.74) is 0.713. The van der Waals surface area contributed by atoms with Gasteiger partial charge in [0.2, 0.25) is 0 Å². The first-order chi connectivity index (χ1) is 5.72. The minimum absolute atomic E-state index is 0.0809. The van der Waals surface area contributed by atoms with Crippen molar-refractivity contribution in [3.63, 3.8) is 0 Å². The summed E-state index contributed by atoms with van der Waals surface area (Å²) in [5.74, 6) is 0.0809. The average Bonchev–Trinajstić information content (AvgIpc) is 2.07. The first-order valence-electron chi connectivity index (χ1n) is 2.97.